The number of aromatic carboxylic acids is 1. The molecule has 0 saturated carbocycles. The minimum atomic E-state index is -0.975. The molecule has 88 valence electrons. The lowest BCUT2D eigenvalue weighted by Gasteiger charge is -2.03. The molecule has 0 bridgehead atoms. The van der Waals surface area contributed by atoms with Crippen molar-refractivity contribution in [3.8, 4) is 0 Å². The van der Waals surface area contributed by atoms with Gasteiger partial charge in [0.25, 0.3) is 0 Å². The van der Waals surface area contributed by atoms with Crippen molar-refractivity contribution in [2.75, 3.05) is 0 Å². The number of hydrogen-bond donors (Lipinski definition) is 2. The average molecular weight is 232 g/mol. The van der Waals surface area contributed by atoms with Crippen molar-refractivity contribution in [3.63, 3.8) is 0 Å². The Morgan fingerprint density at radius 1 is 1.41 bits per heavy atom. The smallest absolute Gasteiger partial charge is 0.339 e. The average Bonchev–Trinajstić information content (AvgIpc) is 2.79. The van der Waals surface area contributed by atoms with Gasteiger partial charge in [0, 0.05) is 18.9 Å². The summed E-state index contributed by atoms with van der Waals surface area (Å²) in [6, 6.07) is 5.25. The molecule has 0 fully saturated rings. The van der Waals surface area contributed by atoms with Gasteiger partial charge in [0.2, 0.25) is 0 Å². The van der Waals surface area contributed by atoms with Gasteiger partial charge in [-0.3, -0.25) is 4.98 Å². The zero-order valence-corrected chi connectivity index (χ0v) is 9.09. The van der Waals surface area contributed by atoms with Crippen LogP contribution in [-0.2, 0) is 13.1 Å². The number of carboxylic acids is 1. The molecule has 0 aromatic carbocycles. The van der Waals surface area contributed by atoms with Crippen LogP contribution in [0.4, 0.5) is 0 Å². The van der Waals surface area contributed by atoms with Gasteiger partial charge in [-0.2, -0.15) is 0 Å². The third-order valence-electron chi connectivity index (χ3n) is 2.31. The van der Waals surface area contributed by atoms with E-state index < -0.39 is 5.97 Å². The number of nitrogens with one attached hydrogen (secondary N) is 1. The highest BCUT2D eigenvalue weighted by molar-refractivity contribution is 5.88. The summed E-state index contributed by atoms with van der Waals surface area (Å²) in [6.07, 6.45) is 4.84. The zero-order valence-electron chi connectivity index (χ0n) is 9.09. The number of furan rings is 1. The Kier molecular flexibility index (Phi) is 3.52. The summed E-state index contributed by atoms with van der Waals surface area (Å²) in [5.74, 6) is -0.543. The molecule has 0 aliphatic rings. The second-order valence-corrected chi connectivity index (χ2v) is 3.53. The predicted octanol–water partition coefficient (Wildman–Crippen LogP) is 1.66. The minimum absolute atomic E-state index is 0.198. The van der Waals surface area contributed by atoms with E-state index in [1.54, 1.807) is 12.4 Å². The maximum atomic E-state index is 10.8. The number of carbonyl (C=O) groups is 1. The highest BCUT2D eigenvalue weighted by Crippen LogP contribution is 2.10. The number of aromatic nitrogens is 1. The van der Waals surface area contributed by atoms with Crippen LogP contribution in [0.2, 0.25) is 0 Å². The molecule has 0 radical (unpaired) electrons. The summed E-state index contributed by atoms with van der Waals surface area (Å²) < 4.78 is 5.10. The van der Waals surface area contributed by atoms with Gasteiger partial charge in [-0.15, -0.1) is 0 Å². The fraction of sp³-hybridized carbons (Fsp3) is 0.167. The molecule has 17 heavy (non-hydrogen) atoms. The van der Waals surface area contributed by atoms with E-state index in [0.29, 0.717) is 18.8 Å². The Labute approximate surface area is 98.1 Å². The van der Waals surface area contributed by atoms with Gasteiger partial charge < -0.3 is 14.8 Å². The van der Waals surface area contributed by atoms with Crippen molar-refractivity contribution < 1.29 is 14.3 Å². The summed E-state index contributed by atoms with van der Waals surface area (Å²) in [7, 11) is 0. The van der Waals surface area contributed by atoms with Gasteiger partial charge >= 0.3 is 5.97 Å². The van der Waals surface area contributed by atoms with Gasteiger partial charge in [-0.25, -0.2) is 4.79 Å². The van der Waals surface area contributed by atoms with Crippen molar-refractivity contribution >= 4 is 5.97 Å². The predicted molar refractivity (Wildman–Crippen MR) is 60.4 cm³/mol. The monoisotopic (exact) mass is 232 g/mol. The van der Waals surface area contributed by atoms with E-state index >= 15 is 0 Å². The summed E-state index contributed by atoms with van der Waals surface area (Å²) in [6.45, 7) is 0.997. The van der Waals surface area contributed by atoms with Crippen LogP contribution in [0, 0.1) is 0 Å². The quantitative estimate of drug-likeness (QED) is 0.820. The number of hydrogen-bond acceptors (Lipinski definition) is 4. The fourth-order valence-electron chi connectivity index (χ4n) is 1.49. The lowest BCUT2D eigenvalue weighted by molar-refractivity contribution is 0.0694. The number of pyridine rings is 1. The Hall–Kier alpha value is -2.14. The number of nitrogens with zero attached hydrogens (tertiary/aromatic N) is 1. The van der Waals surface area contributed by atoms with Gasteiger partial charge in [-0.05, 0) is 17.7 Å². The lowest BCUT2D eigenvalue weighted by Crippen LogP contribution is -2.14. The van der Waals surface area contributed by atoms with Gasteiger partial charge in [-0.1, -0.05) is 6.07 Å². The fourth-order valence-corrected chi connectivity index (χ4v) is 1.49. The van der Waals surface area contributed by atoms with E-state index in [2.05, 4.69) is 10.3 Å². The molecule has 5 nitrogen and oxygen atoms in total. The summed E-state index contributed by atoms with van der Waals surface area (Å²) >= 11 is 0. The maximum absolute atomic E-state index is 10.8. The van der Waals surface area contributed by atoms with Crippen LogP contribution in [0.25, 0.3) is 0 Å². The summed E-state index contributed by atoms with van der Waals surface area (Å²) in [5.41, 5.74) is 1.24. The molecule has 5 heteroatoms. The minimum Gasteiger partial charge on any atom is -0.478 e. The Balaban J connectivity index is 1.90. The Bertz CT molecular complexity index is 493. The first kappa shape index (κ1) is 11.3. The zero-order chi connectivity index (χ0) is 12.1. The van der Waals surface area contributed by atoms with Crippen molar-refractivity contribution in [3.05, 3.63) is 53.7 Å². The van der Waals surface area contributed by atoms with E-state index in [0.717, 1.165) is 5.56 Å². The first-order valence-corrected chi connectivity index (χ1v) is 5.16. The third kappa shape index (κ3) is 2.92. The molecular formula is C12H12N2O3. The molecule has 2 aromatic rings. The largest absolute Gasteiger partial charge is 0.478 e. The molecule has 2 aromatic heterocycles. The number of rotatable bonds is 5. The van der Waals surface area contributed by atoms with Gasteiger partial charge in [0.15, 0.2) is 0 Å². The molecule has 0 aliphatic heterocycles. The molecule has 0 aliphatic carbocycles. The van der Waals surface area contributed by atoms with E-state index in [9.17, 15) is 4.79 Å². The van der Waals surface area contributed by atoms with Crippen LogP contribution in [0.1, 0.15) is 21.7 Å². The van der Waals surface area contributed by atoms with Crippen molar-refractivity contribution in [1.29, 1.82) is 0 Å². The number of carboxylic acid groups (broad SMARTS) is 1. The van der Waals surface area contributed by atoms with Crippen LogP contribution in [0.3, 0.4) is 0 Å². The van der Waals surface area contributed by atoms with E-state index in [1.807, 2.05) is 12.1 Å². The highest BCUT2D eigenvalue weighted by Gasteiger charge is 2.12. The van der Waals surface area contributed by atoms with Crippen LogP contribution in [-0.4, -0.2) is 16.1 Å². The lowest BCUT2D eigenvalue weighted by atomic mass is 10.2. The summed E-state index contributed by atoms with van der Waals surface area (Å²) in [5, 5.41) is 12.0. The summed E-state index contributed by atoms with van der Waals surface area (Å²) in [4.78, 5) is 14.8. The van der Waals surface area contributed by atoms with Crippen LogP contribution < -0.4 is 5.32 Å². The third-order valence-corrected chi connectivity index (χ3v) is 2.31. The molecule has 0 amide bonds. The molecule has 2 N–H and O–H groups in total. The Morgan fingerprint density at radius 3 is 3.00 bits per heavy atom. The van der Waals surface area contributed by atoms with E-state index in [-0.39, 0.29) is 5.56 Å². The standard InChI is InChI=1S/C12H12N2O3/c15-12(16)10-3-5-17-11(10)8-14-7-9-2-1-4-13-6-9/h1-6,14H,7-8H2,(H,15,16). The first-order valence-electron chi connectivity index (χ1n) is 5.16. The molecule has 2 heterocycles. The SMILES string of the molecule is O=C(O)c1ccoc1CNCc1cccnc1. The molecule has 2 rings (SSSR count). The highest BCUT2D eigenvalue weighted by atomic mass is 16.4. The van der Waals surface area contributed by atoms with Crippen molar-refractivity contribution in [2.24, 2.45) is 0 Å². The van der Waals surface area contributed by atoms with Crippen LogP contribution >= 0.6 is 0 Å². The molecule has 0 unspecified atom stereocenters. The topological polar surface area (TPSA) is 75.4 Å². The van der Waals surface area contributed by atoms with Crippen LogP contribution in [0.15, 0.2) is 41.3 Å². The van der Waals surface area contributed by atoms with E-state index in [1.165, 1.54) is 12.3 Å². The normalized spacial score (nSPS) is 10.4. The van der Waals surface area contributed by atoms with Crippen LogP contribution in [0.5, 0.6) is 0 Å². The molecular weight excluding hydrogens is 220 g/mol. The van der Waals surface area contributed by atoms with E-state index in [4.69, 9.17) is 9.52 Å². The van der Waals surface area contributed by atoms with Gasteiger partial charge in [0.05, 0.1) is 12.8 Å². The second-order valence-electron chi connectivity index (χ2n) is 3.53. The Morgan fingerprint density at radius 2 is 2.29 bits per heavy atom. The molecule has 0 spiro atoms. The maximum Gasteiger partial charge on any atom is 0.339 e. The second kappa shape index (κ2) is 5.27. The molecule has 0 atom stereocenters. The molecule has 0 saturated heterocycles. The van der Waals surface area contributed by atoms with Crippen molar-refractivity contribution in [2.45, 2.75) is 13.1 Å². The van der Waals surface area contributed by atoms with Gasteiger partial charge in [0.1, 0.15) is 11.3 Å². The van der Waals surface area contributed by atoms with Crippen molar-refractivity contribution in [1.82, 2.24) is 10.3 Å². The first-order chi connectivity index (χ1) is 8.27.